The van der Waals surface area contributed by atoms with Crippen molar-refractivity contribution in [2.75, 3.05) is 5.32 Å². The predicted octanol–water partition coefficient (Wildman–Crippen LogP) is 3.75. The number of allylic oxidation sites excluding steroid dienone is 1. The van der Waals surface area contributed by atoms with Crippen LogP contribution in [-0.2, 0) is 16.1 Å². The molecule has 0 unspecified atom stereocenters. The van der Waals surface area contributed by atoms with Crippen molar-refractivity contribution >= 4 is 69.3 Å². The second kappa shape index (κ2) is 9.12. The van der Waals surface area contributed by atoms with E-state index in [1.165, 1.54) is 30.3 Å². The lowest BCUT2D eigenvalue weighted by Gasteiger charge is -2.09. The van der Waals surface area contributed by atoms with E-state index >= 15 is 0 Å². The zero-order valence-electron chi connectivity index (χ0n) is 17.2. The van der Waals surface area contributed by atoms with Gasteiger partial charge >= 0.3 is 11.9 Å². The largest absolute Gasteiger partial charge is 0.478 e. The quantitative estimate of drug-likeness (QED) is 0.454. The fraction of sp³-hybridized carbons (Fsp3) is 0.0870. The molecule has 0 fully saturated rings. The summed E-state index contributed by atoms with van der Waals surface area (Å²) in [6.45, 7) is 0.447. The molecule has 172 valence electrons. The standard InChI is InChI=1S/C23H15Cl2N3O6/c24-17(18(25)23(33)34)20(29)26-14-5-6-15-16(10-14)27-19-13(7-8-28(19)21(15)30)9-11-1-3-12(4-2-11)22(31)32/h1-6,9-10H,7-8H2,(H,26,29)(H,31,32)(H,33,34)/b13-9?,18-17-. The van der Waals surface area contributed by atoms with Gasteiger partial charge in [-0.2, -0.15) is 0 Å². The van der Waals surface area contributed by atoms with Crippen LogP contribution in [0.2, 0.25) is 0 Å². The zero-order chi connectivity index (χ0) is 24.6. The van der Waals surface area contributed by atoms with Gasteiger partial charge in [0.15, 0.2) is 0 Å². The number of hydrogen-bond donors (Lipinski definition) is 3. The topological polar surface area (TPSA) is 139 Å². The van der Waals surface area contributed by atoms with Gasteiger partial charge in [-0.15, -0.1) is 0 Å². The number of anilines is 1. The van der Waals surface area contributed by atoms with Gasteiger partial charge in [-0.05, 0) is 54.0 Å². The van der Waals surface area contributed by atoms with E-state index < -0.39 is 27.9 Å². The molecule has 0 bridgehead atoms. The van der Waals surface area contributed by atoms with E-state index in [-0.39, 0.29) is 16.8 Å². The Balaban J connectivity index is 1.70. The molecule has 1 aliphatic heterocycles. The number of aromatic carboxylic acids is 1. The molecule has 1 aliphatic rings. The molecule has 2 heterocycles. The summed E-state index contributed by atoms with van der Waals surface area (Å²) in [5.74, 6) is -3.01. The summed E-state index contributed by atoms with van der Waals surface area (Å²) in [5, 5.41) is 19.2. The molecule has 3 aromatic rings. The van der Waals surface area contributed by atoms with Crippen molar-refractivity contribution < 1.29 is 24.6 Å². The number of carboxylic acids is 2. The molecule has 0 saturated carbocycles. The highest BCUT2D eigenvalue weighted by Crippen LogP contribution is 2.28. The first-order chi connectivity index (χ1) is 16.2. The van der Waals surface area contributed by atoms with Gasteiger partial charge in [0.05, 0.1) is 16.5 Å². The van der Waals surface area contributed by atoms with Crippen molar-refractivity contribution in [2.45, 2.75) is 13.0 Å². The summed E-state index contributed by atoms with van der Waals surface area (Å²) in [4.78, 5) is 51.7. The first-order valence-electron chi connectivity index (χ1n) is 9.84. The molecule has 0 aliphatic carbocycles. The highest BCUT2D eigenvalue weighted by Gasteiger charge is 2.22. The molecule has 0 saturated heterocycles. The van der Waals surface area contributed by atoms with Gasteiger partial charge in [-0.1, -0.05) is 35.3 Å². The number of carbonyl (C=O) groups is 3. The van der Waals surface area contributed by atoms with Crippen LogP contribution in [0.3, 0.4) is 0 Å². The Hall–Kier alpha value is -3.95. The van der Waals surface area contributed by atoms with Crippen molar-refractivity contribution in [1.29, 1.82) is 0 Å². The molecular weight excluding hydrogens is 485 g/mol. The number of carbonyl (C=O) groups excluding carboxylic acids is 1. The number of benzene rings is 2. The Bertz CT molecular complexity index is 1490. The number of fused-ring (bicyclic) bond motifs is 2. The number of carboxylic acid groups (broad SMARTS) is 2. The van der Waals surface area contributed by atoms with Gasteiger partial charge in [0.25, 0.3) is 11.5 Å². The van der Waals surface area contributed by atoms with Crippen molar-refractivity contribution in [1.82, 2.24) is 9.55 Å². The lowest BCUT2D eigenvalue weighted by Crippen LogP contribution is -2.21. The van der Waals surface area contributed by atoms with Gasteiger partial charge < -0.3 is 15.5 Å². The van der Waals surface area contributed by atoms with Crippen LogP contribution in [0.4, 0.5) is 5.69 Å². The van der Waals surface area contributed by atoms with Crippen LogP contribution < -0.4 is 10.9 Å². The molecule has 2 aromatic carbocycles. The average molecular weight is 500 g/mol. The number of rotatable bonds is 5. The summed E-state index contributed by atoms with van der Waals surface area (Å²) in [6, 6.07) is 10.8. The lowest BCUT2D eigenvalue weighted by atomic mass is 10.1. The van der Waals surface area contributed by atoms with Crippen LogP contribution in [0.1, 0.15) is 28.2 Å². The number of aliphatic carboxylic acids is 1. The number of nitrogens with zero attached hydrogens (tertiary/aromatic N) is 2. The fourth-order valence-corrected chi connectivity index (χ4v) is 3.75. The first-order valence-corrected chi connectivity index (χ1v) is 10.6. The van der Waals surface area contributed by atoms with E-state index in [4.69, 9.17) is 33.4 Å². The third kappa shape index (κ3) is 4.43. The number of aromatic nitrogens is 2. The summed E-state index contributed by atoms with van der Waals surface area (Å²) in [7, 11) is 0. The third-order valence-corrected chi connectivity index (χ3v) is 5.99. The second-order valence-corrected chi connectivity index (χ2v) is 8.11. The monoisotopic (exact) mass is 499 g/mol. The van der Waals surface area contributed by atoms with Crippen molar-refractivity contribution in [3.05, 3.63) is 79.8 Å². The lowest BCUT2D eigenvalue weighted by molar-refractivity contribution is -0.132. The maximum Gasteiger partial charge on any atom is 0.349 e. The van der Waals surface area contributed by atoms with Crippen LogP contribution in [0.5, 0.6) is 0 Å². The van der Waals surface area contributed by atoms with Crippen LogP contribution in [0, 0.1) is 0 Å². The summed E-state index contributed by atoms with van der Waals surface area (Å²) in [6.07, 6.45) is 2.41. The van der Waals surface area contributed by atoms with E-state index in [0.717, 1.165) is 11.1 Å². The second-order valence-electron chi connectivity index (χ2n) is 7.36. The molecular formula is C23H15Cl2N3O6. The van der Waals surface area contributed by atoms with E-state index in [2.05, 4.69) is 10.3 Å². The molecule has 11 heteroatoms. The molecule has 1 aromatic heterocycles. The van der Waals surface area contributed by atoms with Crippen LogP contribution in [-0.4, -0.2) is 37.6 Å². The first kappa shape index (κ1) is 23.2. The van der Waals surface area contributed by atoms with Gasteiger partial charge in [-0.25, -0.2) is 14.6 Å². The van der Waals surface area contributed by atoms with Crippen LogP contribution in [0.25, 0.3) is 22.6 Å². The minimum absolute atomic E-state index is 0.170. The molecule has 0 spiro atoms. The van der Waals surface area contributed by atoms with E-state index in [1.54, 1.807) is 16.7 Å². The van der Waals surface area contributed by atoms with Gasteiger partial charge in [-0.3, -0.25) is 14.2 Å². The van der Waals surface area contributed by atoms with Crippen molar-refractivity contribution in [2.24, 2.45) is 0 Å². The Morgan fingerprint density at radius 1 is 1.03 bits per heavy atom. The van der Waals surface area contributed by atoms with Crippen LogP contribution in [0.15, 0.2) is 57.3 Å². The van der Waals surface area contributed by atoms with Crippen molar-refractivity contribution in [3.8, 4) is 0 Å². The fourth-order valence-electron chi connectivity index (χ4n) is 3.53. The Morgan fingerprint density at radius 3 is 2.38 bits per heavy atom. The normalized spacial score (nSPS) is 14.6. The summed E-state index contributed by atoms with van der Waals surface area (Å²) >= 11 is 11.2. The highest BCUT2D eigenvalue weighted by molar-refractivity contribution is 6.54. The number of hydrogen-bond acceptors (Lipinski definition) is 5. The third-order valence-electron chi connectivity index (χ3n) is 5.18. The molecule has 9 nitrogen and oxygen atoms in total. The molecule has 0 radical (unpaired) electrons. The summed E-state index contributed by atoms with van der Waals surface area (Å²) in [5.41, 5.74) is 2.07. The number of nitrogens with one attached hydrogen (secondary N) is 1. The molecule has 3 N–H and O–H groups in total. The smallest absolute Gasteiger partial charge is 0.349 e. The Kier molecular flexibility index (Phi) is 6.23. The average Bonchev–Trinajstić information content (AvgIpc) is 3.20. The van der Waals surface area contributed by atoms with Gasteiger partial charge in [0.2, 0.25) is 0 Å². The van der Waals surface area contributed by atoms with E-state index in [0.29, 0.717) is 29.7 Å². The molecule has 4 rings (SSSR count). The maximum atomic E-state index is 13.0. The molecule has 0 atom stereocenters. The number of halogens is 2. The predicted molar refractivity (Wildman–Crippen MR) is 127 cm³/mol. The van der Waals surface area contributed by atoms with E-state index in [9.17, 15) is 19.2 Å². The molecule has 1 amide bonds. The van der Waals surface area contributed by atoms with Gasteiger partial charge in [0.1, 0.15) is 15.9 Å². The highest BCUT2D eigenvalue weighted by atomic mass is 35.5. The minimum atomic E-state index is -1.54. The van der Waals surface area contributed by atoms with E-state index in [1.807, 2.05) is 6.08 Å². The molecule has 34 heavy (non-hydrogen) atoms. The van der Waals surface area contributed by atoms with Crippen LogP contribution >= 0.6 is 23.2 Å². The zero-order valence-corrected chi connectivity index (χ0v) is 18.7. The SMILES string of the molecule is O=C(O)/C(Cl)=C(/Cl)C(=O)Nc1ccc2c(=O)n3c(nc2c1)C(=Cc1ccc(C(=O)O)cc1)CC3. The minimum Gasteiger partial charge on any atom is -0.478 e. The Morgan fingerprint density at radius 2 is 1.74 bits per heavy atom. The number of amides is 1. The maximum absolute atomic E-state index is 13.0. The summed E-state index contributed by atoms with van der Waals surface area (Å²) < 4.78 is 1.56. The Labute approximate surface area is 201 Å². The van der Waals surface area contributed by atoms with Crippen molar-refractivity contribution in [3.63, 3.8) is 0 Å². The van der Waals surface area contributed by atoms with Gasteiger partial charge in [0, 0.05) is 12.2 Å².